The van der Waals surface area contributed by atoms with E-state index < -0.39 is 11.7 Å². The predicted octanol–water partition coefficient (Wildman–Crippen LogP) is 2.23. The van der Waals surface area contributed by atoms with Crippen molar-refractivity contribution >= 4 is 12.0 Å². The molecule has 0 aromatic heterocycles. The van der Waals surface area contributed by atoms with Crippen LogP contribution in [-0.4, -0.2) is 30.7 Å². The van der Waals surface area contributed by atoms with E-state index in [0.29, 0.717) is 5.92 Å². The molecule has 0 heterocycles. The van der Waals surface area contributed by atoms with Gasteiger partial charge in [-0.05, 0) is 33.1 Å². The van der Waals surface area contributed by atoms with Crippen molar-refractivity contribution in [1.29, 1.82) is 0 Å². The molecule has 2 N–H and O–H groups in total. The van der Waals surface area contributed by atoms with Gasteiger partial charge in [-0.2, -0.15) is 0 Å². The van der Waals surface area contributed by atoms with Crippen molar-refractivity contribution in [2.24, 2.45) is 5.92 Å². The third-order valence-corrected chi connectivity index (χ3v) is 2.15. The van der Waals surface area contributed by atoms with E-state index in [1.807, 2.05) is 20.8 Å². The first-order chi connectivity index (χ1) is 8.64. The average Bonchev–Trinajstić information content (AvgIpc) is 2.21. The molecule has 19 heavy (non-hydrogen) atoms. The van der Waals surface area contributed by atoms with E-state index in [9.17, 15) is 9.59 Å². The minimum atomic E-state index is -0.531. The lowest BCUT2D eigenvalue weighted by molar-refractivity contribution is -0.116. The Morgan fingerprint density at radius 2 is 1.84 bits per heavy atom. The highest BCUT2D eigenvalue weighted by Crippen LogP contribution is 2.10. The molecule has 110 valence electrons. The Morgan fingerprint density at radius 3 is 2.26 bits per heavy atom. The Morgan fingerprint density at radius 1 is 1.26 bits per heavy atom. The highest BCUT2D eigenvalue weighted by Gasteiger charge is 2.18. The number of rotatable bonds is 5. The Hall–Kier alpha value is -1.52. The van der Waals surface area contributed by atoms with Crippen molar-refractivity contribution in [1.82, 2.24) is 10.6 Å². The van der Waals surface area contributed by atoms with Crippen LogP contribution in [-0.2, 0) is 9.53 Å². The van der Waals surface area contributed by atoms with Crippen LogP contribution in [0.4, 0.5) is 4.79 Å². The van der Waals surface area contributed by atoms with Gasteiger partial charge in [0.25, 0.3) is 0 Å². The van der Waals surface area contributed by atoms with E-state index in [1.165, 1.54) is 6.08 Å². The maximum Gasteiger partial charge on any atom is 0.408 e. The zero-order valence-electron chi connectivity index (χ0n) is 12.7. The molecule has 2 amide bonds. The standard InChI is InChI=1S/C14H26N2O3/c1-10(2)9-11(7-8-12(17)15-6)16-13(18)19-14(3,4)5/h7-8,10-11H,9H2,1-6H3,(H,15,17)(H,16,18)/b8-7+/t11-/m1/s1. The van der Waals surface area contributed by atoms with Crippen LogP contribution in [0.1, 0.15) is 41.0 Å². The topological polar surface area (TPSA) is 67.4 Å². The van der Waals surface area contributed by atoms with Crippen LogP contribution >= 0.6 is 0 Å². The normalized spacial score (nSPS) is 13.4. The minimum Gasteiger partial charge on any atom is -0.444 e. The number of hydrogen-bond acceptors (Lipinski definition) is 3. The molecule has 0 radical (unpaired) electrons. The second-order valence-electron chi connectivity index (χ2n) is 5.86. The van der Waals surface area contributed by atoms with Gasteiger partial charge in [0.05, 0.1) is 6.04 Å². The van der Waals surface area contributed by atoms with Gasteiger partial charge in [0.1, 0.15) is 5.60 Å². The Bertz CT molecular complexity index is 330. The molecule has 0 fully saturated rings. The third kappa shape index (κ3) is 10.1. The molecular formula is C14H26N2O3. The summed E-state index contributed by atoms with van der Waals surface area (Å²) in [6.07, 6.45) is 3.37. The van der Waals surface area contributed by atoms with Gasteiger partial charge in [-0.3, -0.25) is 4.79 Å². The second kappa shape index (κ2) is 7.81. The van der Waals surface area contributed by atoms with Gasteiger partial charge in [0, 0.05) is 13.1 Å². The lowest BCUT2D eigenvalue weighted by atomic mass is 10.0. The maximum atomic E-state index is 11.7. The largest absolute Gasteiger partial charge is 0.444 e. The number of carbonyl (C=O) groups is 2. The molecule has 5 nitrogen and oxygen atoms in total. The zero-order valence-corrected chi connectivity index (χ0v) is 12.7. The maximum absolute atomic E-state index is 11.7. The summed E-state index contributed by atoms with van der Waals surface area (Å²) in [7, 11) is 1.56. The van der Waals surface area contributed by atoms with Crippen molar-refractivity contribution < 1.29 is 14.3 Å². The molecule has 5 heteroatoms. The molecule has 0 aliphatic carbocycles. The van der Waals surface area contributed by atoms with E-state index in [-0.39, 0.29) is 11.9 Å². The first-order valence-corrected chi connectivity index (χ1v) is 6.53. The van der Waals surface area contributed by atoms with Crippen molar-refractivity contribution in [3.63, 3.8) is 0 Å². The fourth-order valence-corrected chi connectivity index (χ4v) is 1.44. The summed E-state index contributed by atoms with van der Waals surface area (Å²) in [5, 5.41) is 5.25. The van der Waals surface area contributed by atoms with Gasteiger partial charge < -0.3 is 15.4 Å². The van der Waals surface area contributed by atoms with E-state index in [1.54, 1.807) is 13.1 Å². The number of carbonyl (C=O) groups excluding carboxylic acids is 2. The summed E-state index contributed by atoms with van der Waals surface area (Å²) in [6, 6.07) is -0.216. The van der Waals surface area contributed by atoms with Crippen LogP contribution in [0, 0.1) is 5.92 Å². The van der Waals surface area contributed by atoms with E-state index in [0.717, 1.165) is 6.42 Å². The fraction of sp³-hybridized carbons (Fsp3) is 0.714. The highest BCUT2D eigenvalue weighted by molar-refractivity contribution is 5.87. The van der Waals surface area contributed by atoms with Gasteiger partial charge >= 0.3 is 6.09 Å². The molecule has 0 aromatic carbocycles. The third-order valence-electron chi connectivity index (χ3n) is 2.15. The fourth-order valence-electron chi connectivity index (χ4n) is 1.44. The summed E-state index contributed by atoms with van der Waals surface area (Å²) in [5.41, 5.74) is -0.531. The predicted molar refractivity (Wildman–Crippen MR) is 75.8 cm³/mol. The lowest BCUT2D eigenvalue weighted by Gasteiger charge is -2.23. The lowest BCUT2D eigenvalue weighted by Crippen LogP contribution is -2.39. The molecular weight excluding hydrogens is 244 g/mol. The summed E-state index contributed by atoms with van der Waals surface area (Å²) in [4.78, 5) is 22.9. The van der Waals surface area contributed by atoms with Crippen molar-refractivity contribution in [3.05, 3.63) is 12.2 Å². The summed E-state index contributed by atoms with van der Waals surface area (Å²) >= 11 is 0. The molecule has 0 aliphatic rings. The van der Waals surface area contributed by atoms with Crippen LogP contribution in [0.25, 0.3) is 0 Å². The van der Waals surface area contributed by atoms with Crippen molar-refractivity contribution in [3.8, 4) is 0 Å². The molecule has 0 saturated heterocycles. The molecule has 0 saturated carbocycles. The van der Waals surface area contributed by atoms with Crippen molar-refractivity contribution in [2.45, 2.75) is 52.7 Å². The molecule has 0 bridgehead atoms. The van der Waals surface area contributed by atoms with E-state index in [2.05, 4.69) is 24.5 Å². The van der Waals surface area contributed by atoms with E-state index in [4.69, 9.17) is 4.74 Å². The molecule has 1 atom stereocenters. The first-order valence-electron chi connectivity index (χ1n) is 6.53. The van der Waals surface area contributed by atoms with Crippen LogP contribution in [0.2, 0.25) is 0 Å². The number of hydrogen-bond donors (Lipinski definition) is 2. The van der Waals surface area contributed by atoms with Gasteiger partial charge in [0.2, 0.25) is 5.91 Å². The Kier molecular flexibility index (Phi) is 7.19. The van der Waals surface area contributed by atoms with Crippen LogP contribution < -0.4 is 10.6 Å². The smallest absolute Gasteiger partial charge is 0.408 e. The van der Waals surface area contributed by atoms with E-state index >= 15 is 0 Å². The van der Waals surface area contributed by atoms with Crippen molar-refractivity contribution in [2.75, 3.05) is 7.05 Å². The Labute approximate surface area is 115 Å². The van der Waals surface area contributed by atoms with Crippen LogP contribution in [0.15, 0.2) is 12.2 Å². The first kappa shape index (κ1) is 17.5. The number of alkyl carbamates (subject to hydrolysis) is 1. The molecule has 0 rings (SSSR count). The summed E-state index contributed by atoms with van der Waals surface area (Å²) in [6.45, 7) is 9.54. The minimum absolute atomic E-state index is 0.195. The highest BCUT2D eigenvalue weighted by atomic mass is 16.6. The quantitative estimate of drug-likeness (QED) is 0.753. The molecule has 0 unspecified atom stereocenters. The van der Waals surface area contributed by atoms with Crippen LogP contribution in [0.5, 0.6) is 0 Å². The van der Waals surface area contributed by atoms with Crippen LogP contribution in [0.3, 0.4) is 0 Å². The SMILES string of the molecule is CNC(=O)/C=C/[C@H](CC(C)C)NC(=O)OC(C)(C)C. The van der Waals surface area contributed by atoms with Gasteiger partial charge in [-0.25, -0.2) is 4.79 Å². The van der Waals surface area contributed by atoms with Gasteiger partial charge in [0.15, 0.2) is 0 Å². The molecule has 0 aliphatic heterocycles. The zero-order chi connectivity index (χ0) is 15.1. The summed E-state index contributed by atoms with van der Waals surface area (Å²) in [5.74, 6) is 0.203. The number of likely N-dealkylation sites (N-methyl/N-ethyl adjacent to an activating group) is 1. The molecule has 0 spiro atoms. The Balaban J connectivity index is 4.55. The molecule has 0 aromatic rings. The second-order valence-corrected chi connectivity index (χ2v) is 5.86. The number of amides is 2. The van der Waals surface area contributed by atoms with Gasteiger partial charge in [-0.1, -0.05) is 19.9 Å². The van der Waals surface area contributed by atoms with Gasteiger partial charge in [-0.15, -0.1) is 0 Å². The number of nitrogens with one attached hydrogen (secondary N) is 2. The average molecular weight is 270 g/mol. The monoisotopic (exact) mass is 270 g/mol. The summed E-state index contributed by atoms with van der Waals surface area (Å²) < 4.78 is 5.20. The number of ether oxygens (including phenoxy) is 1.